The van der Waals surface area contributed by atoms with Crippen LogP contribution in [0.25, 0.3) is 27.5 Å². The van der Waals surface area contributed by atoms with E-state index >= 15 is 0 Å². The number of nitriles is 2. The third-order valence-electron chi connectivity index (χ3n) is 7.35. The summed E-state index contributed by atoms with van der Waals surface area (Å²) in [6, 6.07) is 23.9. The predicted octanol–water partition coefficient (Wildman–Crippen LogP) is 6.20. The summed E-state index contributed by atoms with van der Waals surface area (Å²) in [4.78, 5) is 53.3. The molecule has 0 N–H and O–H groups in total. The van der Waals surface area contributed by atoms with Gasteiger partial charge in [0.25, 0.3) is 11.4 Å². The Hall–Kier alpha value is -7.05. The first-order valence-electron chi connectivity index (χ1n) is 13.2. The van der Waals surface area contributed by atoms with E-state index in [1.54, 1.807) is 53.4 Å². The lowest BCUT2D eigenvalue weighted by atomic mass is 9.97. The predicted molar refractivity (Wildman–Crippen MR) is 161 cm³/mol. The third-order valence-corrected chi connectivity index (χ3v) is 7.35. The number of carbonyl (C=O) groups is 2. The van der Waals surface area contributed by atoms with Gasteiger partial charge in [-0.2, -0.15) is 10.5 Å². The largest absolute Gasteiger partial charge is 0.309 e. The van der Waals surface area contributed by atoms with Gasteiger partial charge in [-0.15, -0.1) is 0 Å². The van der Waals surface area contributed by atoms with Crippen molar-refractivity contribution >= 4 is 44.7 Å². The molecule has 0 saturated carbocycles. The van der Waals surface area contributed by atoms with Gasteiger partial charge in [-0.3, -0.25) is 34.8 Å². The number of benzene rings is 4. The monoisotopic (exact) mass is 592 g/mol. The maximum Gasteiger partial charge on any atom is 0.280 e. The number of nitro benzene ring substituents is 2. The number of pyridine rings is 1. The fourth-order valence-corrected chi connectivity index (χ4v) is 5.28. The molecule has 12 nitrogen and oxygen atoms in total. The molecular formula is C33H16N6O6. The number of nitro groups is 2. The maximum absolute atomic E-state index is 13.6. The van der Waals surface area contributed by atoms with Gasteiger partial charge < -0.3 is 4.57 Å². The van der Waals surface area contributed by atoms with Crippen molar-refractivity contribution in [2.45, 2.75) is 0 Å². The molecule has 0 fully saturated rings. The fourth-order valence-electron chi connectivity index (χ4n) is 5.28. The molecule has 0 atom stereocenters. The minimum atomic E-state index is -0.684. The molecular weight excluding hydrogens is 576 g/mol. The fraction of sp³-hybridized carbons (Fsp3) is 0. The van der Waals surface area contributed by atoms with E-state index in [1.807, 2.05) is 12.1 Å². The van der Waals surface area contributed by atoms with Crippen LogP contribution in [0, 0.1) is 42.9 Å². The molecule has 45 heavy (non-hydrogen) atoms. The average Bonchev–Trinajstić information content (AvgIpc) is 3.40. The van der Waals surface area contributed by atoms with Crippen molar-refractivity contribution in [2.75, 3.05) is 0 Å². The summed E-state index contributed by atoms with van der Waals surface area (Å²) in [5.41, 5.74) is 0.761. The first-order valence-corrected chi connectivity index (χ1v) is 13.2. The zero-order chi connectivity index (χ0) is 31.8. The number of ketones is 2. The minimum absolute atomic E-state index is 0.0914. The van der Waals surface area contributed by atoms with Gasteiger partial charge in [-0.05, 0) is 48.5 Å². The smallest absolute Gasteiger partial charge is 0.280 e. The molecule has 0 unspecified atom stereocenters. The molecule has 0 aliphatic carbocycles. The highest BCUT2D eigenvalue weighted by atomic mass is 16.6. The average molecular weight is 593 g/mol. The first-order chi connectivity index (χ1) is 21.7. The van der Waals surface area contributed by atoms with Gasteiger partial charge in [0.15, 0.2) is 11.6 Å². The number of hydrogen-bond donors (Lipinski definition) is 0. The molecule has 0 spiro atoms. The molecule has 4 aromatic carbocycles. The number of aromatic nitrogens is 2. The summed E-state index contributed by atoms with van der Waals surface area (Å²) in [5, 5.41) is 43.4. The molecule has 0 amide bonds. The van der Waals surface area contributed by atoms with E-state index in [9.17, 15) is 40.3 Å². The summed E-state index contributed by atoms with van der Waals surface area (Å²) in [6.07, 6.45) is 3.12. The Kier molecular flexibility index (Phi) is 6.85. The molecule has 6 rings (SSSR count). The zero-order valence-electron chi connectivity index (χ0n) is 22.9. The molecule has 214 valence electrons. The Bertz CT molecular complexity index is 2200. The lowest BCUT2D eigenvalue weighted by molar-refractivity contribution is -0.385. The molecule has 0 radical (unpaired) electrons. The van der Waals surface area contributed by atoms with Crippen molar-refractivity contribution in [3.8, 4) is 17.8 Å². The maximum atomic E-state index is 13.6. The second-order valence-corrected chi connectivity index (χ2v) is 9.86. The summed E-state index contributed by atoms with van der Waals surface area (Å²) in [7, 11) is 0. The summed E-state index contributed by atoms with van der Waals surface area (Å²) >= 11 is 0. The second kappa shape index (κ2) is 11.0. The van der Waals surface area contributed by atoms with Crippen LogP contribution in [-0.2, 0) is 0 Å². The number of hydrogen-bond acceptors (Lipinski definition) is 9. The van der Waals surface area contributed by atoms with Gasteiger partial charge in [-0.25, -0.2) is 0 Å². The van der Waals surface area contributed by atoms with Crippen molar-refractivity contribution in [2.24, 2.45) is 0 Å². The van der Waals surface area contributed by atoms with Gasteiger partial charge in [0.1, 0.15) is 11.1 Å². The van der Waals surface area contributed by atoms with Crippen LogP contribution in [0.5, 0.6) is 0 Å². The van der Waals surface area contributed by atoms with Crippen LogP contribution >= 0.6 is 0 Å². The molecule has 0 aliphatic rings. The van der Waals surface area contributed by atoms with E-state index in [1.165, 1.54) is 36.4 Å². The van der Waals surface area contributed by atoms with Crippen molar-refractivity contribution in [3.05, 3.63) is 151 Å². The standard InChI is InChI=1S/C33H16N6O6/c34-17-19-1-7-28(38(42)43)26(13-19)32(40)21-3-5-24-25-6-4-22(33(41)27-14-20(18-35)2-8-29(27)39(44)45)16-31(25)37(30(24)15-21)23-9-11-36-12-10-23/h1-16H. The quantitative estimate of drug-likeness (QED) is 0.118. The van der Waals surface area contributed by atoms with Gasteiger partial charge >= 0.3 is 0 Å². The summed E-state index contributed by atoms with van der Waals surface area (Å²) < 4.78 is 1.78. The van der Waals surface area contributed by atoms with Crippen LogP contribution in [0.4, 0.5) is 11.4 Å². The number of nitrogens with zero attached hydrogens (tertiary/aromatic N) is 6. The molecule has 2 aromatic heterocycles. The molecule has 12 heteroatoms. The second-order valence-electron chi connectivity index (χ2n) is 9.86. The normalized spacial score (nSPS) is 10.7. The van der Waals surface area contributed by atoms with Gasteiger partial charge in [0.05, 0.1) is 44.1 Å². The summed E-state index contributed by atoms with van der Waals surface area (Å²) in [6.45, 7) is 0. The third kappa shape index (κ3) is 4.80. The Balaban J connectivity index is 1.57. The van der Waals surface area contributed by atoms with Crippen molar-refractivity contribution in [1.82, 2.24) is 9.55 Å². The van der Waals surface area contributed by atoms with Crippen LogP contribution in [0.1, 0.15) is 43.0 Å². The van der Waals surface area contributed by atoms with Crippen LogP contribution in [-0.4, -0.2) is 31.0 Å². The highest BCUT2D eigenvalue weighted by Crippen LogP contribution is 2.35. The molecule has 0 aliphatic heterocycles. The van der Waals surface area contributed by atoms with Crippen molar-refractivity contribution in [1.29, 1.82) is 10.5 Å². The van der Waals surface area contributed by atoms with Crippen LogP contribution in [0.15, 0.2) is 97.3 Å². The van der Waals surface area contributed by atoms with Gasteiger partial charge in [0.2, 0.25) is 0 Å². The number of fused-ring (bicyclic) bond motifs is 3. The highest BCUT2D eigenvalue weighted by molar-refractivity contribution is 6.18. The van der Waals surface area contributed by atoms with Crippen LogP contribution < -0.4 is 0 Å². The number of rotatable bonds is 7. The van der Waals surface area contributed by atoms with E-state index in [4.69, 9.17) is 0 Å². The van der Waals surface area contributed by atoms with Gasteiger partial charge in [0, 0.05) is 52.1 Å². The lowest BCUT2D eigenvalue weighted by Crippen LogP contribution is -2.07. The molecule has 2 heterocycles. The lowest BCUT2D eigenvalue weighted by Gasteiger charge is -2.09. The SMILES string of the molecule is N#Cc1ccc([N+](=O)[O-])c(C(=O)c2ccc3c4ccc(C(=O)c5cc(C#N)ccc5[N+](=O)[O-])cc4n(-c4ccncc4)c3c2)c1. The van der Waals surface area contributed by atoms with E-state index in [0.717, 1.165) is 12.1 Å². The van der Waals surface area contributed by atoms with E-state index in [2.05, 4.69) is 4.98 Å². The highest BCUT2D eigenvalue weighted by Gasteiger charge is 2.25. The number of carbonyl (C=O) groups excluding carboxylic acids is 2. The first kappa shape index (κ1) is 28.1. The van der Waals surface area contributed by atoms with Crippen LogP contribution in [0.3, 0.4) is 0 Å². The topological polar surface area (TPSA) is 186 Å². The molecule has 0 saturated heterocycles. The van der Waals surface area contributed by atoms with E-state index < -0.39 is 32.8 Å². The Labute approximate surface area is 252 Å². The van der Waals surface area contributed by atoms with E-state index in [0.29, 0.717) is 27.5 Å². The molecule has 0 bridgehead atoms. The van der Waals surface area contributed by atoms with Crippen LogP contribution in [0.2, 0.25) is 0 Å². The summed E-state index contributed by atoms with van der Waals surface area (Å²) in [5.74, 6) is -1.32. The Morgan fingerprint density at radius 2 is 1.09 bits per heavy atom. The Morgan fingerprint density at radius 3 is 1.49 bits per heavy atom. The van der Waals surface area contributed by atoms with Gasteiger partial charge in [-0.1, -0.05) is 24.3 Å². The minimum Gasteiger partial charge on any atom is -0.309 e. The Morgan fingerprint density at radius 1 is 0.644 bits per heavy atom. The van der Waals surface area contributed by atoms with E-state index in [-0.39, 0.29) is 33.4 Å². The zero-order valence-corrected chi connectivity index (χ0v) is 22.9. The van der Waals surface area contributed by atoms with Crippen molar-refractivity contribution < 1.29 is 19.4 Å². The van der Waals surface area contributed by atoms with Crippen molar-refractivity contribution in [3.63, 3.8) is 0 Å². The molecule has 6 aromatic rings.